The van der Waals surface area contributed by atoms with E-state index in [1.807, 2.05) is 12.1 Å². The van der Waals surface area contributed by atoms with Gasteiger partial charge in [0.25, 0.3) is 0 Å². The van der Waals surface area contributed by atoms with E-state index in [2.05, 4.69) is 6.92 Å². The third-order valence-electron chi connectivity index (χ3n) is 2.54. The Labute approximate surface area is 125 Å². The molecule has 0 bridgehead atoms. The first-order valence-corrected chi connectivity index (χ1v) is 7.37. The third-order valence-corrected chi connectivity index (χ3v) is 4.35. The highest BCUT2D eigenvalue weighted by Gasteiger charge is 2.11. The maximum Gasteiger partial charge on any atom is 0.210 e. The van der Waals surface area contributed by atoms with Crippen LogP contribution < -0.4 is 4.74 Å². The zero-order valence-corrected chi connectivity index (χ0v) is 12.6. The molecule has 0 N–H and O–H groups in total. The number of carbonyl (C=O) groups excluding carboxylic acids is 1. The van der Waals surface area contributed by atoms with Gasteiger partial charge in [0.05, 0.1) is 9.90 Å². The topological polar surface area (TPSA) is 26.3 Å². The fourth-order valence-electron chi connectivity index (χ4n) is 1.52. The summed E-state index contributed by atoms with van der Waals surface area (Å²) in [5, 5.41) is 0.967. The molecular formula is C14H12Cl2O2S. The Balaban J connectivity index is 2.02. The van der Waals surface area contributed by atoms with Crippen molar-refractivity contribution in [2.75, 3.05) is 6.61 Å². The van der Waals surface area contributed by atoms with E-state index < -0.39 is 0 Å². The highest BCUT2D eigenvalue weighted by molar-refractivity contribution is 7.14. The van der Waals surface area contributed by atoms with Gasteiger partial charge >= 0.3 is 0 Å². The molecule has 0 amide bonds. The van der Waals surface area contributed by atoms with Gasteiger partial charge in [0.2, 0.25) is 5.78 Å². The number of rotatable bonds is 5. The normalized spacial score (nSPS) is 10.5. The molecule has 0 fully saturated rings. The van der Waals surface area contributed by atoms with Crippen molar-refractivity contribution in [2.45, 2.75) is 13.3 Å². The molecule has 0 saturated carbocycles. The van der Waals surface area contributed by atoms with Crippen LogP contribution in [0.3, 0.4) is 0 Å². The molecule has 0 aliphatic heterocycles. The Hall–Kier alpha value is -1.03. The van der Waals surface area contributed by atoms with Gasteiger partial charge in [-0.15, -0.1) is 11.3 Å². The van der Waals surface area contributed by atoms with Crippen LogP contribution in [-0.4, -0.2) is 12.4 Å². The average Bonchev–Trinajstić information content (AvgIpc) is 2.88. The second kappa shape index (κ2) is 6.42. The van der Waals surface area contributed by atoms with E-state index in [-0.39, 0.29) is 12.4 Å². The predicted octanol–water partition coefficient (Wildman–Crippen LogP) is 4.88. The first-order valence-electron chi connectivity index (χ1n) is 5.80. The van der Waals surface area contributed by atoms with Crippen molar-refractivity contribution < 1.29 is 9.53 Å². The van der Waals surface area contributed by atoms with Gasteiger partial charge in [-0.3, -0.25) is 4.79 Å². The molecule has 0 unspecified atom stereocenters. The van der Waals surface area contributed by atoms with E-state index >= 15 is 0 Å². The summed E-state index contributed by atoms with van der Waals surface area (Å²) < 4.78 is 5.42. The second-order valence-corrected chi connectivity index (χ2v) is 5.92. The molecule has 2 nitrogen and oxygen atoms in total. The van der Waals surface area contributed by atoms with E-state index in [4.69, 9.17) is 27.9 Å². The van der Waals surface area contributed by atoms with Crippen LogP contribution >= 0.6 is 34.5 Å². The molecule has 0 aliphatic carbocycles. The zero-order valence-electron chi connectivity index (χ0n) is 10.3. The Morgan fingerprint density at radius 1 is 1.26 bits per heavy atom. The van der Waals surface area contributed by atoms with Gasteiger partial charge in [-0.25, -0.2) is 0 Å². The number of ether oxygens (including phenoxy) is 1. The van der Waals surface area contributed by atoms with Gasteiger partial charge in [-0.2, -0.15) is 0 Å². The summed E-state index contributed by atoms with van der Waals surface area (Å²) in [5.74, 6) is 0.371. The predicted molar refractivity (Wildman–Crippen MR) is 80.0 cm³/mol. The van der Waals surface area contributed by atoms with Crippen molar-refractivity contribution in [3.63, 3.8) is 0 Å². The number of carbonyl (C=O) groups is 1. The number of hydrogen-bond acceptors (Lipinski definition) is 3. The number of benzene rings is 1. The minimum absolute atomic E-state index is 0.0380. The molecule has 19 heavy (non-hydrogen) atoms. The minimum Gasteiger partial charge on any atom is -0.484 e. The Bertz CT molecular complexity index is 593. The number of aryl methyl sites for hydroxylation is 1. The Morgan fingerprint density at radius 3 is 2.74 bits per heavy atom. The SMILES string of the molecule is CCc1ccc(C(=O)COc2cc(Cl)ccc2Cl)s1. The summed E-state index contributed by atoms with van der Waals surface area (Å²) >= 11 is 13.3. The smallest absolute Gasteiger partial charge is 0.210 e. The first kappa shape index (κ1) is 14.4. The van der Waals surface area contributed by atoms with E-state index in [0.29, 0.717) is 20.7 Å². The molecule has 1 heterocycles. The van der Waals surface area contributed by atoms with Gasteiger partial charge in [-0.05, 0) is 30.7 Å². The molecule has 0 saturated heterocycles. The maximum absolute atomic E-state index is 12.0. The Morgan fingerprint density at radius 2 is 2.05 bits per heavy atom. The summed E-state index contributed by atoms with van der Waals surface area (Å²) in [6.45, 7) is 2.02. The van der Waals surface area contributed by atoms with E-state index in [1.165, 1.54) is 16.2 Å². The number of hydrogen-bond donors (Lipinski definition) is 0. The van der Waals surface area contributed by atoms with Crippen LogP contribution in [0.2, 0.25) is 10.0 Å². The summed E-state index contributed by atoms with van der Waals surface area (Å²) in [6, 6.07) is 8.71. The molecule has 1 aromatic carbocycles. The van der Waals surface area contributed by atoms with Gasteiger partial charge in [0, 0.05) is 16.0 Å². The fourth-order valence-corrected chi connectivity index (χ4v) is 2.73. The second-order valence-electron chi connectivity index (χ2n) is 3.91. The average molecular weight is 315 g/mol. The van der Waals surface area contributed by atoms with Gasteiger partial charge in [-0.1, -0.05) is 30.1 Å². The monoisotopic (exact) mass is 314 g/mol. The van der Waals surface area contributed by atoms with Gasteiger partial charge in [0.1, 0.15) is 5.75 Å². The van der Waals surface area contributed by atoms with Crippen LogP contribution in [0.4, 0.5) is 0 Å². The minimum atomic E-state index is -0.0549. The molecule has 5 heteroatoms. The van der Waals surface area contributed by atoms with Gasteiger partial charge in [0.15, 0.2) is 6.61 Å². The van der Waals surface area contributed by atoms with E-state index in [9.17, 15) is 4.79 Å². The molecule has 0 spiro atoms. The summed E-state index contributed by atoms with van der Waals surface area (Å²) in [5.41, 5.74) is 0. The standard InChI is InChI=1S/C14H12Cl2O2S/c1-2-10-4-6-14(19-10)12(17)8-18-13-7-9(15)3-5-11(13)16/h3-7H,2,8H2,1H3. The number of ketones is 1. The van der Waals surface area contributed by atoms with Crippen molar-refractivity contribution in [2.24, 2.45) is 0 Å². The third kappa shape index (κ3) is 3.72. The lowest BCUT2D eigenvalue weighted by atomic mass is 10.3. The molecule has 2 rings (SSSR count). The van der Waals surface area contributed by atoms with E-state index in [0.717, 1.165) is 6.42 Å². The van der Waals surface area contributed by atoms with Crippen molar-refractivity contribution in [1.29, 1.82) is 0 Å². The maximum atomic E-state index is 12.0. The van der Waals surface area contributed by atoms with Gasteiger partial charge < -0.3 is 4.74 Å². The van der Waals surface area contributed by atoms with Crippen molar-refractivity contribution in [3.05, 3.63) is 50.1 Å². The number of halogens is 2. The van der Waals surface area contributed by atoms with Crippen LogP contribution in [0.1, 0.15) is 21.5 Å². The van der Waals surface area contributed by atoms with Crippen molar-refractivity contribution in [1.82, 2.24) is 0 Å². The highest BCUT2D eigenvalue weighted by Crippen LogP contribution is 2.28. The summed E-state index contributed by atoms with van der Waals surface area (Å²) in [4.78, 5) is 13.8. The first-order chi connectivity index (χ1) is 9.10. The quantitative estimate of drug-likeness (QED) is 0.735. The van der Waals surface area contributed by atoms with E-state index in [1.54, 1.807) is 18.2 Å². The Kier molecular flexibility index (Phi) is 4.86. The zero-order chi connectivity index (χ0) is 13.8. The number of thiophene rings is 1. The summed E-state index contributed by atoms with van der Waals surface area (Å²) in [6.07, 6.45) is 0.929. The lowest BCUT2D eigenvalue weighted by Gasteiger charge is -2.06. The van der Waals surface area contributed by atoms with Crippen LogP contribution in [0.15, 0.2) is 30.3 Å². The molecule has 0 radical (unpaired) electrons. The summed E-state index contributed by atoms with van der Waals surface area (Å²) in [7, 11) is 0. The van der Waals surface area contributed by atoms with Crippen molar-refractivity contribution in [3.8, 4) is 5.75 Å². The number of Topliss-reactive ketones (excluding diaryl/α,β-unsaturated/α-hetero) is 1. The lowest BCUT2D eigenvalue weighted by Crippen LogP contribution is -2.10. The van der Waals surface area contributed by atoms with Crippen LogP contribution in [0.5, 0.6) is 5.75 Å². The van der Waals surface area contributed by atoms with Crippen molar-refractivity contribution >= 4 is 40.3 Å². The molecule has 0 aliphatic rings. The largest absolute Gasteiger partial charge is 0.484 e. The fraction of sp³-hybridized carbons (Fsp3) is 0.214. The lowest BCUT2D eigenvalue weighted by molar-refractivity contribution is 0.0925. The highest BCUT2D eigenvalue weighted by atomic mass is 35.5. The molecule has 1 aromatic heterocycles. The molecule has 2 aromatic rings. The van der Waals surface area contributed by atoms with Crippen LogP contribution in [0.25, 0.3) is 0 Å². The molecule has 0 atom stereocenters. The molecular weight excluding hydrogens is 303 g/mol. The van der Waals surface area contributed by atoms with Crippen LogP contribution in [0, 0.1) is 0 Å². The molecule has 100 valence electrons. The van der Waals surface area contributed by atoms with Crippen LogP contribution in [-0.2, 0) is 6.42 Å².